The normalized spacial score (nSPS) is 12.2. The van der Waals surface area contributed by atoms with Crippen molar-refractivity contribution in [2.75, 3.05) is 39.5 Å². The molecule has 0 fully saturated rings. The average molecular weight is 502 g/mol. The maximum Gasteiger partial charge on any atom is 0.251 e. The van der Waals surface area contributed by atoms with E-state index in [2.05, 4.69) is 46.3 Å². The molecule has 1 aromatic rings. The van der Waals surface area contributed by atoms with Crippen LogP contribution in [-0.2, 0) is 14.3 Å². The lowest BCUT2D eigenvalue weighted by Gasteiger charge is -2.24. The van der Waals surface area contributed by atoms with Gasteiger partial charge in [-0.05, 0) is 49.4 Å². The number of azide groups is 1. The van der Waals surface area contributed by atoms with Crippen LogP contribution in [0.1, 0.15) is 57.8 Å². The Kier molecular flexibility index (Phi) is 14.7. The Bertz CT molecular complexity index is 934. The summed E-state index contributed by atoms with van der Waals surface area (Å²) in [6.07, 6.45) is 1.97. The molecular formula is C26H39N5O5. The molecule has 0 unspecified atom stereocenters. The van der Waals surface area contributed by atoms with Gasteiger partial charge in [0, 0.05) is 22.9 Å². The fraction of sp³-hybridized carbons (Fsp3) is 0.615. The van der Waals surface area contributed by atoms with E-state index in [4.69, 9.17) is 19.7 Å². The second-order valence-electron chi connectivity index (χ2n) is 9.13. The number of carbonyl (C=O) groups is 2. The number of amides is 2. The molecule has 0 heterocycles. The summed E-state index contributed by atoms with van der Waals surface area (Å²) in [6.45, 7) is 10.7. The summed E-state index contributed by atoms with van der Waals surface area (Å²) in [5, 5.41) is 9.24. The smallest absolute Gasteiger partial charge is 0.251 e. The SMILES string of the molecule is CC(C)C#CCNC(=O)COCCO[C@@](C)(COc1cccc(C(=O)NCCCC(C)C)c1)N=[N+]=[N-]. The number of hydrogen-bond acceptors (Lipinski definition) is 6. The van der Waals surface area contributed by atoms with E-state index in [0.717, 1.165) is 12.8 Å². The molecule has 1 atom stereocenters. The minimum atomic E-state index is -1.30. The van der Waals surface area contributed by atoms with Crippen LogP contribution in [0, 0.1) is 23.7 Å². The van der Waals surface area contributed by atoms with Crippen molar-refractivity contribution in [2.45, 2.75) is 53.2 Å². The van der Waals surface area contributed by atoms with E-state index in [1.807, 2.05) is 13.8 Å². The van der Waals surface area contributed by atoms with Crippen molar-refractivity contribution >= 4 is 11.8 Å². The Morgan fingerprint density at radius 2 is 1.97 bits per heavy atom. The van der Waals surface area contributed by atoms with Gasteiger partial charge in [0.2, 0.25) is 5.91 Å². The zero-order chi connectivity index (χ0) is 26.8. The van der Waals surface area contributed by atoms with Gasteiger partial charge in [-0.1, -0.05) is 50.7 Å². The van der Waals surface area contributed by atoms with Gasteiger partial charge in [-0.3, -0.25) is 9.59 Å². The van der Waals surface area contributed by atoms with Crippen molar-refractivity contribution in [2.24, 2.45) is 17.0 Å². The van der Waals surface area contributed by atoms with E-state index in [-0.39, 0.29) is 50.7 Å². The molecule has 1 aromatic carbocycles. The van der Waals surface area contributed by atoms with Crippen molar-refractivity contribution in [3.8, 4) is 17.6 Å². The van der Waals surface area contributed by atoms with Gasteiger partial charge in [-0.15, -0.1) is 0 Å². The topological polar surface area (TPSA) is 135 Å². The van der Waals surface area contributed by atoms with Crippen LogP contribution >= 0.6 is 0 Å². The molecule has 10 heteroatoms. The van der Waals surface area contributed by atoms with Gasteiger partial charge in [-0.25, -0.2) is 0 Å². The van der Waals surface area contributed by atoms with E-state index >= 15 is 0 Å². The van der Waals surface area contributed by atoms with Crippen molar-refractivity contribution in [1.29, 1.82) is 0 Å². The molecule has 0 aliphatic heterocycles. The summed E-state index contributed by atoms with van der Waals surface area (Å²) in [4.78, 5) is 27.0. The highest BCUT2D eigenvalue weighted by Crippen LogP contribution is 2.19. The first-order valence-corrected chi connectivity index (χ1v) is 12.2. The number of benzene rings is 1. The highest BCUT2D eigenvalue weighted by atomic mass is 16.6. The Morgan fingerprint density at radius 3 is 2.67 bits per heavy atom. The Morgan fingerprint density at radius 1 is 1.19 bits per heavy atom. The molecule has 2 N–H and O–H groups in total. The van der Waals surface area contributed by atoms with Crippen LogP contribution in [-0.4, -0.2) is 57.1 Å². The average Bonchev–Trinajstić information content (AvgIpc) is 2.83. The lowest BCUT2D eigenvalue weighted by molar-refractivity contribution is -0.127. The lowest BCUT2D eigenvalue weighted by Crippen LogP contribution is -2.35. The standard InChI is InChI=1S/C26H39N5O5/c1-20(2)9-7-13-28-24(32)18-34-15-16-36-26(5,30-31-27)19-35-23-12-6-11-22(17-23)25(33)29-14-8-10-21(3)4/h6,11-12,17,20-21H,8,10,13-16,18-19H2,1-5H3,(H,28,32)(H,29,33)/t26-/m0/s1. The molecule has 0 aromatic heterocycles. The number of hydrogen-bond donors (Lipinski definition) is 2. The fourth-order valence-electron chi connectivity index (χ4n) is 2.89. The van der Waals surface area contributed by atoms with E-state index in [1.165, 1.54) is 0 Å². The van der Waals surface area contributed by atoms with Crippen LogP contribution in [0.15, 0.2) is 29.4 Å². The minimum Gasteiger partial charge on any atom is -0.490 e. The van der Waals surface area contributed by atoms with Crippen molar-refractivity contribution in [3.63, 3.8) is 0 Å². The molecule has 0 bridgehead atoms. The summed E-state index contributed by atoms with van der Waals surface area (Å²) in [5.41, 5.74) is 8.11. The van der Waals surface area contributed by atoms with Gasteiger partial charge in [0.15, 0.2) is 5.72 Å². The summed E-state index contributed by atoms with van der Waals surface area (Å²) in [5.74, 6) is 6.65. The second-order valence-corrected chi connectivity index (χ2v) is 9.13. The molecule has 0 saturated carbocycles. The molecular weight excluding hydrogens is 462 g/mol. The molecule has 0 saturated heterocycles. The largest absolute Gasteiger partial charge is 0.490 e. The first-order valence-electron chi connectivity index (χ1n) is 12.2. The molecule has 198 valence electrons. The fourth-order valence-corrected chi connectivity index (χ4v) is 2.89. The van der Waals surface area contributed by atoms with Crippen LogP contribution < -0.4 is 15.4 Å². The number of nitrogens with zero attached hydrogens (tertiary/aromatic N) is 3. The molecule has 0 spiro atoms. The summed E-state index contributed by atoms with van der Waals surface area (Å²) in [6, 6.07) is 6.76. The van der Waals surface area contributed by atoms with E-state index in [9.17, 15) is 9.59 Å². The van der Waals surface area contributed by atoms with Gasteiger partial charge in [0.1, 0.15) is 19.0 Å². The molecule has 1 rings (SSSR count). The maximum absolute atomic E-state index is 12.4. The third-order valence-electron chi connectivity index (χ3n) is 4.74. The minimum absolute atomic E-state index is 0.0778. The quantitative estimate of drug-likeness (QED) is 0.116. The van der Waals surface area contributed by atoms with Crippen LogP contribution in [0.2, 0.25) is 0 Å². The number of carbonyl (C=O) groups excluding carboxylic acids is 2. The molecule has 36 heavy (non-hydrogen) atoms. The monoisotopic (exact) mass is 501 g/mol. The molecule has 0 aliphatic rings. The Balaban J connectivity index is 2.46. The predicted molar refractivity (Wildman–Crippen MR) is 138 cm³/mol. The van der Waals surface area contributed by atoms with Gasteiger partial charge < -0.3 is 24.8 Å². The predicted octanol–water partition coefficient (Wildman–Crippen LogP) is 4.07. The van der Waals surface area contributed by atoms with E-state index in [1.54, 1.807) is 31.2 Å². The zero-order valence-electron chi connectivity index (χ0n) is 22.0. The first kappa shape index (κ1) is 30.8. The van der Waals surface area contributed by atoms with Crippen LogP contribution in [0.5, 0.6) is 5.75 Å². The van der Waals surface area contributed by atoms with Gasteiger partial charge in [0.25, 0.3) is 5.91 Å². The summed E-state index contributed by atoms with van der Waals surface area (Å²) < 4.78 is 16.7. The second kappa shape index (κ2) is 17.2. The van der Waals surface area contributed by atoms with Crippen LogP contribution in [0.25, 0.3) is 10.4 Å². The van der Waals surface area contributed by atoms with Gasteiger partial charge in [-0.2, -0.15) is 0 Å². The Hall–Kier alpha value is -3.25. The summed E-state index contributed by atoms with van der Waals surface area (Å²) in [7, 11) is 0. The zero-order valence-corrected chi connectivity index (χ0v) is 22.0. The molecule has 10 nitrogen and oxygen atoms in total. The maximum atomic E-state index is 12.4. The number of ether oxygens (including phenoxy) is 3. The van der Waals surface area contributed by atoms with Gasteiger partial charge >= 0.3 is 0 Å². The highest BCUT2D eigenvalue weighted by Gasteiger charge is 2.25. The third-order valence-corrected chi connectivity index (χ3v) is 4.74. The van der Waals surface area contributed by atoms with Crippen molar-refractivity contribution < 1.29 is 23.8 Å². The number of rotatable bonds is 16. The number of nitrogens with one attached hydrogen (secondary N) is 2. The lowest BCUT2D eigenvalue weighted by atomic mass is 10.1. The van der Waals surface area contributed by atoms with Crippen molar-refractivity contribution in [1.82, 2.24) is 10.6 Å². The third kappa shape index (κ3) is 14.2. The van der Waals surface area contributed by atoms with Crippen molar-refractivity contribution in [3.05, 3.63) is 40.3 Å². The molecule has 2 amide bonds. The Labute approximate surface area is 214 Å². The molecule has 0 radical (unpaired) electrons. The van der Waals surface area contributed by atoms with E-state index < -0.39 is 5.72 Å². The highest BCUT2D eigenvalue weighted by molar-refractivity contribution is 5.94. The molecule has 0 aliphatic carbocycles. The van der Waals surface area contributed by atoms with E-state index in [0.29, 0.717) is 23.8 Å². The van der Waals surface area contributed by atoms with Gasteiger partial charge in [0.05, 0.1) is 19.8 Å². The summed E-state index contributed by atoms with van der Waals surface area (Å²) >= 11 is 0. The first-order chi connectivity index (χ1) is 17.1. The van der Waals surface area contributed by atoms with Crippen LogP contribution in [0.4, 0.5) is 0 Å². The van der Waals surface area contributed by atoms with Crippen LogP contribution in [0.3, 0.4) is 0 Å².